The lowest BCUT2D eigenvalue weighted by Crippen LogP contribution is -2.24. The molecule has 0 spiro atoms. The van der Waals surface area contributed by atoms with Gasteiger partial charge in [-0.2, -0.15) is 0 Å². The molecule has 4 heteroatoms. The topological polar surface area (TPSA) is 54.9 Å². The number of benzene rings is 1. The van der Waals surface area contributed by atoms with E-state index in [4.69, 9.17) is 0 Å². The third-order valence-electron chi connectivity index (χ3n) is 2.37. The summed E-state index contributed by atoms with van der Waals surface area (Å²) >= 11 is 0. The zero-order valence-electron chi connectivity index (χ0n) is 9.84. The van der Waals surface area contributed by atoms with Crippen LogP contribution in [-0.2, 0) is 0 Å². The summed E-state index contributed by atoms with van der Waals surface area (Å²) in [6.07, 6.45) is 1.61. The van der Waals surface area contributed by atoms with Gasteiger partial charge in [0.1, 0.15) is 0 Å². The molecule has 1 aromatic heterocycles. The molecule has 1 N–H and O–H groups in total. The number of aromatic nitrogens is 2. The van der Waals surface area contributed by atoms with E-state index in [0.29, 0.717) is 12.2 Å². The Morgan fingerprint density at radius 3 is 2.56 bits per heavy atom. The molecule has 4 nitrogen and oxygen atoms in total. The molecule has 1 amide bonds. The predicted octanol–water partition coefficient (Wildman–Crippen LogP) is 2.06. The molecule has 2 aromatic rings. The number of hydrogen-bond donors (Lipinski definition) is 1. The Morgan fingerprint density at radius 2 is 1.94 bits per heavy atom. The molecule has 0 radical (unpaired) electrons. The molecule has 90 valence electrons. The average Bonchev–Trinajstić information content (AvgIpc) is 2.46. The highest BCUT2D eigenvalue weighted by Crippen LogP contribution is 2.14. The van der Waals surface area contributed by atoms with Crippen molar-refractivity contribution in [3.8, 4) is 11.3 Å². The van der Waals surface area contributed by atoms with Crippen molar-refractivity contribution in [1.82, 2.24) is 15.5 Å². The zero-order valence-corrected chi connectivity index (χ0v) is 9.84. The third kappa shape index (κ3) is 2.79. The van der Waals surface area contributed by atoms with Gasteiger partial charge in [-0.1, -0.05) is 36.4 Å². The Balaban J connectivity index is 2.15. The SMILES string of the molecule is C=CCNC(=O)c1ccc(-c2ccccc2)nn1. The van der Waals surface area contributed by atoms with Crippen LogP contribution in [0.25, 0.3) is 11.3 Å². The van der Waals surface area contributed by atoms with Crippen molar-refractivity contribution < 1.29 is 4.79 Å². The lowest BCUT2D eigenvalue weighted by molar-refractivity contribution is 0.0952. The van der Waals surface area contributed by atoms with Crippen LogP contribution in [0, 0.1) is 0 Å². The Morgan fingerprint density at radius 1 is 1.17 bits per heavy atom. The second kappa shape index (κ2) is 5.72. The highest BCUT2D eigenvalue weighted by molar-refractivity contribution is 5.92. The van der Waals surface area contributed by atoms with E-state index in [9.17, 15) is 4.79 Å². The molecule has 0 fully saturated rings. The van der Waals surface area contributed by atoms with E-state index in [-0.39, 0.29) is 5.91 Å². The van der Waals surface area contributed by atoms with Gasteiger partial charge in [0.15, 0.2) is 5.69 Å². The monoisotopic (exact) mass is 239 g/mol. The van der Waals surface area contributed by atoms with Crippen molar-refractivity contribution in [3.05, 3.63) is 60.8 Å². The second-order valence-electron chi connectivity index (χ2n) is 3.67. The smallest absolute Gasteiger partial charge is 0.272 e. The fourth-order valence-electron chi connectivity index (χ4n) is 1.47. The fraction of sp³-hybridized carbons (Fsp3) is 0.0714. The largest absolute Gasteiger partial charge is 0.347 e. The van der Waals surface area contributed by atoms with Crippen molar-refractivity contribution in [1.29, 1.82) is 0 Å². The Kier molecular flexibility index (Phi) is 3.81. The fourth-order valence-corrected chi connectivity index (χ4v) is 1.47. The first-order chi connectivity index (χ1) is 8.81. The number of nitrogens with one attached hydrogen (secondary N) is 1. The molecule has 0 saturated carbocycles. The maximum atomic E-state index is 11.6. The third-order valence-corrected chi connectivity index (χ3v) is 2.37. The normalized spacial score (nSPS) is 9.78. The van der Waals surface area contributed by atoms with Crippen molar-refractivity contribution in [2.75, 3.05) is 6.54 Å². The molecule has 0 saturated heterocycles. The summed E-state index contributed by atoms with van der Waals surface area (Å²) in [5.74, 6) is -0.248. The molecule has 0 unspecified atom stereocenters. The van der Waals surface area contributed by atoms with E-state index >= 15 is 0 Å². The number of carbonyl (C=O) groups excluding carboxylic acids is 1. The number of carbonyl (C=O) groups is 1. The summed E-state index contributed by atoms with van der Waals surface area (Å²) in [5, 5.41) is 10.6. The van der Waals surface area contributed by atoms with E-state index < -0.39 is 0 Å². The first kappa shape index (κ1) is 12.0. The molecule has 0 aliphatic heterocycles. The maximum Gasteiger partial charge on any atom is 0.272 e. The minimum Gasteiger partial charge on any atom is -0.347 e. The highest BCUT2D eigenvalue weighted by Gasteiger charge is 2.07. The average molecular weight is 239 g/mol. The Hall–Kier alpha value is -2.49. The first-order valence-electron chi connectivity index (χ1n) is 5.59. The first-order valence-corrected chi connectivity index (χ1v) is 5.59. The molecule has 1 heterocycles. The molecule has 0 atom stereocenters. The van der Waals surface area contributed by atoms with Gasteiger partial charge in [0, 0.05) is 12.1 Å². The molecule has 0 bridgehead atoms. The lowest BCUT2D eigenvalue weighted by Gasteiger charge is -2.02. The molecule has 18 heavy (non-hydrogen) atoms. The summed E-state index contributed by atoms with van der Waals surface area (Å²) in [5.41, 5.74) is 2.02. The lowest BCUT2D eigenvalue weighted by atomic mass is 10.1. The van der Waals surface area contributed by atoms with Gasteiger partial charge in [-0.05, 0) is 12.1 Å². The van der Waals surface area contributed by atoms with Gasteiger partial charge < -0.3 is 5.32 Å². The van der Waals surface area contributed by atoms with Crippen LogP contribution >= 0.6 is 0 Å². The number of rotatable bonds is 4. The van der Waals surface area contributed by atoms with Gasteiger partial charge in [-0.3, -0.25) is 4.79 Å². The number of nitrogens with zero attached hydrogens (tertiary/aromatic N) is 2. The van der Waals surface area contributed by atoms with Crippen LogP contribution in [0.3, 0.4) is 0 Å². The van der Waals surface area contributed by atoms with Gasteiger partial charge in [-0.15, -0.1) is 16.8 Å². The maximum absolute atomic E-state index is 11.6. The molecular formula is C14H13N3O. The Labute approximate surface area is 105 Å². The van der Waals surface area contributed by atoms with Crippen LogP contribution in [0.5, 0.6) is 0 Å². The van der Waals surface area contributed by atoms with E-state index in [1.165, 1.54) is 0 Å². The van der Waals surface area contributed by atoms with Crippen LogP contribution in [0.1, 0.15) is 10.5 Å². The van der Waals surface area contributed by atoms with Crippen LogP contribution in [0.2, 0.25) is 0 Å². The molecule has 1 aromatic carbocycles. The summed E-state index contributed by atoms with van der Waals surface area (Å²) < 4.78 is 0. The van der Waals surface area contributed by atoms with E-state index in [1.54, 1.807) is 18.2 Å². The number of hydrogen-bond acceptors (Lipinski definition) is 3. The van der Waals surface area contributed by atoms with Gasteiger partial charge in [-0.25, -0.2) is 0 Å². The minimum atomic E-state index is -0.248. The summed E-state index contributed by atoms with van der Waals surface area (Å²) in [7, 11) is 0. The van der Waals surface area contributed by atoms with E-state index in [1.807, 2.05) is 30.3 Å². The van der Waals surface area contributed by atoms with E-state index in [0.717, 1.165) is 11.3 Å². The minimum absolute atomic E-state index is 0.248. The molecule has 0 aliphatic carbocycles. The Bertz CT molecular complexity index is 535. The summed E-state index contributed by atoms with van der Waals surface area (Å²) in [4.78, 5) is 11.6. The van der Waals surface area contributed by atoms with Crippen LogP contribution < -0.4 is 5.32 Å². The van der Waals surface area contributed by atoms with Gasteiger partial charge in [0.25, 0.3) is 5.91 Å². The van der Waals surface area contributed by atoms with Crippen LogP contribution in [0.15, 0.2) is 55.1 Å². The van der Waals surface area contributed by atoms with Crippen molar-refractivity contribution in [3.63, 3.8) is 0 Å². The molecule has 2 rings (SSSR count). The van der Waals surface area contributed by atoms with Crippen LogP contribution in [0.4, 0.5) is 0 Å². The predicted molar refractivity (Wildman–Crippen MR) is 70.0 cm³/mol. The standard InChI is InChI=1S/C14H13N3O/c1-2-10-15-14(18)13-9-8-12(16-17-13)11-6-4-3-5-7-11/h2-9H,1,10H2,(H,15,18). The van der Waals surface area contributed by atoms with Gasteiger partial charge in [0.05, 0.1) is 5.69 Å². The highest BCUT2D eigenvalue weighted by atomic mass is 16.1. The molecular weight excluding hydrogens is 226 g/mol. The van der Waals surface area contributed by atoms with Crippen molar-refractivity contribution in [2.24, 2.45) is 0 Å². The summed E-state index contributed by atoms with van der Waals surface area (Å²) in [6.45, 7) is 3.95. The van der Waals surface area contributed by atoms with Gasteiger partial charge in [0.2, 0.25) is 0 Å². The second-order valence-corrected chi connectivity index (χ2v) is 3.67. The number of amides is 1. The quantitative estimate of drug-likeness (QED) is 0.831. The van der Waals surface area contributed by atoms with Crippen molar-refractivity contribution in [2.45, 2.75) is 0 Å². The van der Waals surface area contributed by atoms with E-state index in [2.05, 4.69) is 22.1 Å². The van der Waals surface area contributed by atoms with Gasteiger partial charge >= 0.3 is 0 Å². The van der Waals surface area contributed by atoms with Crippen LogP contribution in [-0.4, -0.2) is 22.6 Å². The molecule has 0 aliphatic rings. The zero-order chi connectivity index (χ0) is 12.8. The summed E-state index contributed by atoms with van der Waals surface area (Å²) in [6, 6.07) is 13.1. The van der Waals surface area contributed by atoms with Crippen molar-refractivity contribution >= 4 is 5.91 Å².